The molecule has 4 heteroatoms. The number of nitrogens with two attached hydrogens (primary N) is 1. The van der Waals surface area contributed by atoms with Gasteiger partial charge in [0, 0.05) is 13.3 Å². The second kappa shape index (κ2) is 10.7. The molecule has 0 saturated carbocycles. The summed E-state index contributed by atoms with van der Waals surface area (Å²) in [5.74, 6) is -0.215. The average Bonchev–Trinajstić information content (AvgIpc) is 2.44. The third-order valence-corrected chi connectivity index (χ3v) is 3.17. The van der Waals surface area contributed by atoms with Gasteiger partial charge in [0.15, 0.2) is 0 Å². The fourth-order valence-electron chi connectivity index (χ4n) is 2.00. The maximum absolute atomic E-state index is 10.8. The predicted molar refractivity (Wildman–Crippen MR) is 85.6 cm³/mol. The number of carbonyl (C=O) groups excluding carboxylic acids is 2. The summed E-state index contributed by atoms with van der Waals surface area (Å²) in [6, 6.07) is 8.35. The minimum Gasteiger partial charge on any atom is -0.466 e. The topological polar surface area (TPSA) is 69.4 Å². The van der Waals surface area contributed by atoms with Gasteiger partial charge in [0.25, 0.3) is 0 Å². The van der Waals surface area contributed by atoms with Crippen molar-refractivity contribution in [1.82, 2.24) is 0 Å². The highest BCUT2D eigenvalue weighted by Crippen LogP contribution is 2.26. The van der Waals surface area contributed by atoms with Crippen LogP contribution in [0.3, 0.4) is 0 Å². The van der Waals surface area contributed by atoms with Crippen molar-refractivity contribution in [2.75, 3.05) is 6.61 Å². The highest BCUT2D eigenvalue weighted by atomic mass is 16.5. The van der Waals surface area contributed by atoms with E-state index < -0.39 is 0 Å². The molecule has 0 aliphatic carbocycles. The first kappa shape index (κ1) is 18.9. The van der Waals surface area contributed by atoms with Crippen LogP contribution in [0.15, 0.2) is 29.8 Å². The van der Waals surface area contributed by atoms with E-state index in [1.54, 1.807) is 0 Å². The Balaban J connectivity index is 0.00000122. The summed E-state index contributed by atoms with van der Waals surface area (Å²) < 4.78 is 5.06. The Bertz CT molecular complexity index is 493. The number of esters is 1. The summed E-state index contributed by atoms with van der Waals surface area (Å²) in [7, 11) is 0. The molecule has 1 aromatic rings. The van der Waals surface area contributed by atoms with Gasteiger partial charge in [-0.05, 0) is 37.0 Å². The molecule has 0 spiro atoms. The van der Waals surface area contributed by atoms with Crippen LogP contribution in [0.2, 0.25) is 0 Å². The van der Waals surface area contributed by atoms with Crippen LogP contribution in [-0.4, -0.2) is 19.0 Å². The molecule has 1 amide bonds. The number of hydrogen-bond acceptors (Lipinski definition) is 3. The van der Waals surface area contributed by atoms with Crippen molar-refractivity contribution in [2.45, 2.75) is 40.5 Å². The molecular weight excluding hydrogens is 266 g/mol. The number of hydrogen-bond donors (Lipinski definition) is 1. The van der Waals surface area contributed by atoms with Gasteiger partial charge in [-0.15, -0.1) is 0 Å². The molecule has 0 unspecified atom stereocenters. The van der Waals surface area contributed by atoms with E-state index in [2.05, 4.69) is 44.7 Å². The van der Waals surface area contributed by atoms with Gasteiger partial charge < -0.3 is 10.5 Å². The summed E-state index contributed by atoms with van der Waals surface area (Å²) in [4.78, 5) is 19.4. The van der Waals surface area contributed by atoms with Crippen molar-refractivity contribution in [3.8, 4) is 0 Å². The molecule has 0 saturated heterocycles. The molecule has 116 valence electrons. The van der Waals surface area contributed by atoms with E-state index in [-0.39, 0.29) is 12.4 Å². The molecule has 0 fully saturated rings. The van der Waals surface area contributed by atoms with Gasteiger partial charge in [-0.1, -0.05) is 36.8 Å². The average molecular weight is 291 g/mol. The monoisotopic (exact) mass is 291 g/mol. The van der Waals surface area contributed by atoms with Crippen molar-refractivity contribution >= 4 is 18.0 Å². The first-order valence-electron chi connectivity index (χ1n) is 7.01. The lowest BCUT2D eigenvalue weighted by Crippen LogP contribution is -2.03. The Labute approximate surface area is 127 Å². The molecule has 0 aliphatic heterocycles. The highest BCUT2D eigenvalue weighted by Gasteiger charge is 2.08. The molecule has 21 heavy (non-hydrogen) atoms. The molecule has 1 aromatic carbocycles. The molecular formula is C17H25NO3. The zero-order chi connectivity index (χ0) is 16.3. The van der Waals surface area contributed by atoms with Crippen LogP contribution in [0, 0.1) is 6.92 Å². The van der Waals surface area contributed by atoms with Crippen molar-refractivity contribution in [3.63, 3.8) is 0 Å². The summed E-state index contributed by atoms with van der Waals surface area (Å²) >= 11 is 0. The SMILES string of the molecule is CC/C(C)=C(\CCOC(C)=O)c1ccccc1C.NC=O. The number of benzene rings is 1. The second-order valence-corrected chi connectivity index (χ2v) is 4.65. The zero-order valence-electron chi connectivity index (χ0n) is 13.3. The van der Waals surface area contributed by atoms with Crippen LogP contribution in [-0.2, 0) is 14.3 Å². The number of allylic oxidation sites excluding steroid dienone is 1. The van der Waals surface area contributed by atoms with Crippen LogP contribution in [0.4, 0.5) is 0 Å². The molecule has 1 rings (SSSR count). The van der Waals surface area contributed by atoms with Crippen molar-refractivity contribution in [2.24, 2.45) is 5.73 Å². The Morgan fingerprint density at radius 3 is 2.33 bits per heavy atom. The van der Waals surface area contributed by atoms with Crippen molar-refractivity contribution in [1.29, 1.82) is 0 Å². The molecule has 0 aromatic heterocycles. The number of ether oxygens (including phenoxy) is 1. The van der Waals surface area contributed by atoms with E-state index in [0.717, 1.165) is 12.8 Å². The quantitative estimate of drug-likeness (QED) is 0.669. The normalized spacial score (nSPS) is 10.9. The number of rotatable bonds is 5. The van der Waals surface area contributed by atoms with E-state index in [1.807, 2.05) is 6.07 Å². The molecule has 2 N–H and O–H groups in total. The minimum absolute atomic E-state index is 0.215. The Morgan fingerprint density at radius 2 is 1.86 bits per heavy atom. The summed E-state index contributed by atoms with van der Waals surface area (Å²) in [6.07, 6.45) is 2.05. The van der Waals surface area contributed by atoms with Gasteiger partial charge in [0.05, 0.1) is 6.61 Å². The van der Waals surface area contributed by atoms with Crippen LogP contribution >= 0.6 is 0 Å². The molecule has 0 heterocycles. The minimum atomic E-state index is -0.215. The maximum Gasteiger partial charge on any atom is 0.302 e. The fourth-order valence-corrected chi connectivity index (χ4v) is 2.00. The zero-order valence-corrected chi connectivity index (χ0v) is 13.3. The van der Waals surface area contributed by atoms with Gasteiger partial charge in [-0.2, -0.15) is 0 Å². The third-order valence-electron chi connectivity index (χ3n) is 3.17. The van der Waals surface area contributed by atoms with Gasteiger partial charge in [0.2, 0.25) is 6.41 Å². The Hall–Kier alpha value is -2.10. The lowest BCUT2D eigenvalue weighted by Gasteiger charge is -2.14. The summed E-state index contributed by atoms with van der Waals surface area (Å²) in [6.45, 7) is 8.32. The fraction of sp³-hybridized carbons (Fsp3) is 0.412. The first-order valence-corrected chi connectivity index (χ1v) is 7.01. The number of carbonyl (C=O) groups is 2. The van der Waals surface area contributed by atoms with E-state index in [9.17, 15) is 4.79 Å². The van der Waals surface area contributed by atoms with Crippen LogP contribution in [0.5, 0.6) is 0 Å². The Morgan fingerprint density at radius 1 is 1.29 bits per heavy atom. The lowest BCUT2D eigenvalue weighted by atomic mass is 9.93. The van der Waals surface area contributed by atoms with Crippen LogP contribution < -0.4 is 5.73 Å². The molecule has 0 radical (unpaired) electrons. The van der Waals surface area contributed by atoms with Crippen molar-refractivity contribution < 1.29 is 14.3 Å². The molecule has 0 atom stereocenters. The molecule has 0 bridgehead atoms. The summed E-state index contributed by atoms with van der Waals surface area (Å²) in [5, 5.41) is 0. The third kappa shape index (κ3) is 7.30. The molecule has 0 aliphatic rings. The Kier molecular flexibility index (Phi) is 9.59. The standard InChI is InChI=1S/C16H22O2.CH3NO/c1-5-12(2)16(10-11-18-14(4)17)15-9-7-6-8-13(15)3;2-1-3/h6-9H,5,10-11H2,1-4H3;1H,(H2,2,3)/b16-12+;. The summed E-state index contributed by atoms with van der Waals surface area (Å²) in [5.41, 5.74) is 9.36. The maximum atomic E-state index is 10.8. The first-order chi connectivity index (χ1) is 9.97. The largest absolute Gasteiger partial charge is 0.466 e. The molecule has 4 nitrogen and oxygen atoms in total. The van der Waals surface area contributed by atoms with Gasteiger partial charge >= 0.3 is 5.97 Å². The number of primary amides is 1. The number of amides is 1. The van der Waals surface area contributed by atoms with Crippen molar-refractivity contribution in [3.05, 3.63) is 41.0 Å². The smallest absolute Gasteiger partial charge is 0.302 e. The predicted octanol–water partition coefficient (Wildman–Crippen LogP) is 3.23. The van der Waals surface area contributed by atoms with E-state index in [0.29, 0.717) is 6.61 Å². The van der Waals surface area contributed by atoms with Crippen LogP contribution in [0.1, 0.15) is 44.7 Å². The highest BCUT2D eigenvalue weighted by molar-refractivity contribution is 5.71. The number of aryl methyl sites for hydroxylation is 1. The van der Waals surface area contributed by atoms with Gasteiger partial charge in [-0.25, -0.2) is 0 Å². The van der Waals surface area contributed by atoms with E-state index in [1.165, 1.54) is 29.2 Å². The van der Waals surface area contributed by atoms with Gasteiger partial charge in [-0.3, -0.25) is 9.59 Å². The van der Waals surface area contributed by atoms with Crippen LogP contribution in [0.25, 0.3) is 5.57 Å². The second-order valence-electron chi connectivity index (χ2n) is 4.65. The van der Waals surface area contributed by atoms with E-state index in [4.69, 9.17) is 9.53 Å². The lowest BCUT2D eigenvalue weighted by molar-refractivity contribution is -0.140. The van der Waals surface area contributed by atoms with Gasteiger partial charge in [0.1, 0.15) is 0 Å². The van der Waals surface area contributed by atoms with E-state index >= 15 is 0 Å².